The molecule has 1 aromatic heterocycles. The Balaban J connectivity index is 2.23. The van der Waals surface area contributed by atoms with Crippen molar-refractivity contribution in [1.29, 1.82) is 0 Å². The number of amides is 1. The van der Waals surface area contributed by atoms with Gasteiger partial charge in [-0.2, -0.15) is 18.2 Å². The zero-order valence-corrected chi connectivity index (χ0v) is 13.6. The second-order valence-corrected chi connectivity index (χ2v) is 5.32. The van der Waals surface area contributed by atoms with E-state index in [1.807, 2.05) is 13.8 Å². The Morgan fingerprint density at radius 1 is 1.29 bits per heavy atom. The molecule has 0 radical (unpaired) electrons. The quantitative estimate of drug-likeness (QED) is 0.829. The molecule has 1 amide bonds. The molecule has 5 nitrogen and oxygen atoms in total. The predicted octanol–water partition coefficient (Wildman–Crippen LogP) is 3.82. The number of aromatic nitrogens is 2. The van der Waals surface area contributed by atoms with Gasteiger partial charge in [0.05, 0.1) is 0 Å². The van der Waals surface area contributed by atoms with Gasteiger partial charge in [0.15, 0.2) is 0 Å². The summed E-state index contributed by atoms with van der Waals surface area (Å²) in [6, 6.07) is 5.07. The molecule has 0 saturated heterocycles. The summed E-state index contributed by atoms with van der Waals surface area (Å²) < 4.78 is 41.8. The molecule has 0 aliphatic carbocycles. The number of hydrogen-bond donors (Lipinski definition) is 0. The highest BCUT2D eigenvalue weighted by molar-refractivity contribution is 5.75. The van der Waals surface area contributed by atoms with Crippen LogP contribution in [0.2, 0.25) is 0 Å². The van der Waals surface area contributed by atoms with Crippen molar-refractivity contribution in [3.63, 3.8) is 0 Å². The lowest BCUT2D eigenvalue weighted by molar-refractivity contribution is -0.159. The third-order valence-electron chi connectivity index (χ3n) is 3.67. The number of hydrogen-bond acceptors (Lipinski definition) is 4. The van der Waals surface area contributed by atoms with Gasteiger partial charge in [0, 0.05) is 25.1 Å². The molecule has 24 heavy (non-hydrogen) atoms. The highest BCUT2D eigenvalue weighted by Gasteiger charge is 2.38. The molecule has 8 heteroatoms. The number of carbonyl (C=O) groups is 1. The molecule has 0 unspecified atom stereocenters. The summed E-state index contributed by atoms with van der Waals surface area (Å²) >= 11 is 0. The van der Waals surface area contributed by atoms with Gasteiger partial charge in [-0.15, -0.1) is 0 Å². The molecule has 1 heterocycles. The fourth-order valence-corrected chi connectivity index (χ4v) is 2.27. The molecule has 0 fully saturated rings. The van der Waals surface area contributed by atoms with Gasteiger partial charge < -0.3 is 9.42 Å². The molecule has 1 aromatic carbocycles. The first-order valence-electron chi connectivity index (χ1n) is 7.54. The second kappa shape index (κ2) is 7.02. The van der Waals surface area contributed by atoms with Crippen LogP contribution in [-0.2, 0) is 17.5 Å². The highest BCUT2D eigenvalue weighted by atomic mass is 19.4. The lowest BCUT2D eigenvalue weighted by Crippen LogP contribution is -2.29. The van der Waals surface area contributed by atoms with Crippen molar-refractivity contribution in [2.24, 2.45) is 0 Å². The molecule has 0 N–H and O–H groups in total. The Bertz CT molecular complexity index is 726. The number of aryl methyl sites for hydroxylation is 1. The molecule has 0 atom stereocenters. The molecule has 2 aromatic rings. The van der Waals surface area contributed by atoms with E-state index in [0.717, 1.165) is 11.1 Å². The summed E-state index contributed by atoms with van der Waals surface area (Å²) in [7, 11) is 0. The minimum Gasteiger partial charge on any atom is -0.339 e. The van der Waals surface area contributed by atoms with Crippen LogP contribution in [0.25, 0.3) is 11.4 Å². The first-order valence-corrected chi connectivity index (χ1v) is 7.54. The molecule has 0 saturated carbocycles. The average molecular weight is 341 g/mol. The molecule has 0 bridgehead atoms. The summed E-state index contributed by atoms with van der Waals surface area (Å²) in [6.07, 6.45) is -4.24. The Hall–Kier alpha value is -2.38. The van der Waals surface area contributed by atoms with Crippen LogP contribution in [0.4, 0.5) is 13.2 Å². The van der Waals surface area contributed by atoms with E-state index in [1.165, 1.54) is 0 Å². The summed E-state index contributed by atoms with van der Waals surface area (Å²) in [6.45, 7) is 6.57. The van der Waals surface area contributed by atoms with Gasteiger partial charge in [0.1, 0.15) is 0 Å². The van der Waals surface area contributed by atoms with E-state index in [0.29, 0.717) is 25.1 Å². The minimum atomic E-state index is -4.66. The van der Waals surface area contributed by atoms with Gasteiger partial charge in [-0.05, 0) is 31.0 Å². The lowest BCUT2D eigenvalue weighted by atomic mass is 10.0. The molecular weight excluding hydrogens is 323 g/mol. The van der Waals surface area contributed by atoms with Crippen LogP contribution < -0.4 is 0 Å². The maximum absolute atomic E-state index is 12.5. The van der Waals surface area contributed by atoms with Gasteiger partial charge in [0.25, 0.3) is 0 Å². The largest absolute Gasteiger partial charge is 0.471 e. The number of rotatable bonds is 5. The van der Waals surface area contributed by atoms with E-state index in [4.69, 9.17) is 0 Å². The zero-order valence-electron chi connectivity index (χ0n) is 13.6. The number of halogens is 3. The monoisotopic (exact) mass is 341 g/mol. The van der Waals surface area contributed by atoms with Crippen LogP contribution >= 0.6 is 0 Å². The van der Waals surface area contributed by atoms with Crippen molar-refractivity contribution in [3.8, 4) is 11.4 Å². The molecule has 2 rings (SSSR count). The third kappa shape index (κ3) is 3.93. The molecule has 130 valence electrons. The standard InChI is InChI=1S/C16H18F3N3O2/c1-4-13(23)22(5-2)9-12-7-6-11(8-10(12)3)14-20-15(24-21-14)16(17,18)19/h6-8H,4-5,9H2,1-3H3. The van der Waals surface area contributed by atoms with Crippen LogP contribution in [0.15, 0.2) is 22.7 Å². The van der Waals surface area contributed by atoms with Crippen molar-refractivity contribution in [1.82, 2.24) is 15.0 Å². The number of nitrogens with zero attached hydrogens (tertiary/aromatic N) is 3. The molecular formula is C16H18F3N3O2. The Morgan fingerprint density at radius 2 is 2.00 bits per heavy atom. The van der Waals surface area contributed by atoms with Gasteiger partial charge in [-0.1, -0.05) is 24.2 Å². The zero-order chi connectivity index (χ0) is 17.9. The van der Waals surface area contributed by atoms with Crippen molar-refractivity contribution in [2.45, 2.75) is 39.9 Å². The van der Waals surface area contributed by atoms with Crippen LogP contribution in [0.3, 0.4) is 0 Å². The van der Waals surface area contributed by atoms with Gasteiger partial charge >= 0.3 is 12.1 Å². The predicted molar refractivity (Wildman–Crippen MR) is 80.9 cm³/mol. The molecule has 0 aliphatic heterocycles. The van der Waals surface area contributed by atoms with Crippen LogP contribution in [0.1, 0.15) is 37.3 Å². The number of alkyl halides is 3. The van der Waals surface area contributed by atoms with E-state index in [1.54, 1.807) is 30.0 Å². The van der Waals surface area contributed by atoms with Crippen LogP contribution in [0.5, 0.6) is 0 Å². The minimum absolute atomic E-state index is 0.0500. The molecule has 0 spiro atoms. The Kier molecular flexibility index (Phi) is 5.26. The fraction of sp³-hybridized carbons (Fsp3) is 0.438. The van der Waals surface area contributed by atoms with Gasteiger partial charge in [-0.25, -0.2) is 0 Å². The van der Waals surface area contributed by atoms with Gasteiger partial charge in [-0.3, -0.25) is 4.79 Å². The highest BCUT2D eigenvalue weighted by Crippen LogP contribution is 2.29. The average Bonchev–Trinajstić information content (AvgIpc) is 3.03. The maximum atomic E-state index is 12.5. The normalized spacial score (nSPS) is 11.6. The van der Waals surface area contributed by atoms with Crippen molar-refractivity contribution >= 4 is 5.91 Å². The van der Waals surface area contributed by atoms with Crippen LogP contribution in [-0.4, -0.2) is 27.5 Å². The topological polar surface area (TPSA) is 59.2 Å². The van der Waals surface area contributed by atoms with E-state index in [2.05, 4.69) is 14.7 Å². The summed E-state index contributed by atoms with van der Waals surface area (Å²) in [5.41, 5.74) is 2.19. The summed E-state index contributed by atoms with van der Waals surface area (Å²) in [4.78, 5) is 16.9. The molecule has 0 aliphatic rings. The van der Waals surface area contributed by atoms with E-state index in [9.17, 15) is 18.0 Å². The SMILES string of the molecule is CCC(=O)N(CC)Cc1ccc(-c2noc(C(F)(F)F)n2)cc1C. The second-order valence-electron chi connectivity index (χ2n) is 5.32. The summed E-state index contributed by atoms with van der Waals surface area (Å²) in [5, 5.41) is 3.37. The third-order valence-corrected chi connectivity index (χ3v) is 3.67. The smallest absolute Gasteiger partial charge is 0.339 e. The van der Waals surface area contributed by atoms with Crippen LogP contribution in [0, 0.1) is 6.92 Å². The van der Waals surface area contributed by atoms with Crippen molar-refractivity contribution in [2.75, 3.05) is 6.54 Å². The van der Waals surface area contributed by atoms with Crippen molar-refractivity contribution in [3.05, 3.63) is 35.2 Å². The first-order chi connectivity index (χ1) is 11.3. The van der Waals surface area contributed by atoms with E-state index in [-0.39, 0.29) is 11.7 Å². The summed E-state index contributed by atoms with van der Waals surface area (Å²) in [5.74, 6) is -1.44. The fourth-order valence-electron chi connectivity index (χ4n) is 2.27. The Morgan fingerprint density at radius 3 is 2.50 bits per heavy atom. The van der Waals surface area contributed by atoms with Gasteiger partial charge in [0.2, 0.25) is 11.7 Å². The maximum Gasteiger partial charge on any atom is 0.471 e. The van der Waals surface area contributed by atoms with Crippen molar-refractivity contribution < 1.29 is 22.5 Å². The number of carbonyl (C=O) groups excluding carboxylic acids is 1. The first kappa shape index (κ1) is 18.0. The number of benzene rings is 1. The van der Waals surface area contributed by atoms with E-state index >= 15 is 0 Å². The lowest BCUT2D eigenvalue weighted by Gasteiger charge is -2.21. The Labute approximate surface area is 137 Å². The van der Waals surface area contributed by atoms with E-state index < -0.39 is 12.1 Å².